The van der Waals surface area contributed by atoms with Crippen molar-refractivity contribution in [2.75, 3.05) is 19.8 Å². The first kappa shape index (κ1) is 18.9. The van der Waals surface area contributed by atoms with E-state index in [9.17, 15) is 4.79 Å². The first-order valence-electron chi connectivity index (χ1n) is 9.48. The number of rotatable bonds is 6. The summed E-state index contributed by atoms with van der Waals surface area (Å²) >= 11 is 0. The lowest BCUT2D eigenvalue weighted by Crippen LogP contribution is -2.06. The van der Waals surface area contributed by atoms with Gasteiger partial charge in [0.1, 0.15) is 5.75 Å². The Balaban J connectivity index is 1.51. The molecule has 0 saturated heterocycles. The van der Waals surface area contributed by atoms with Gasteiger partial charge >= 0.3 is 5.97 Å². The SMILES string of the molecule is CCOC(=O)c1[nH]nnc1Oc1ccc(-c2cccc(C3=CCOCC3)c2)cc1. The summed E-state index contributed by atoms with van der Waals surface area (Å²) in [7, 11) is 0. The number of aromatic nitrogens is 3. The summed E-state index contributed by atoms with van der Waals surface area (Å²) in [6, 6.07) is 16.1. The van der Waals surface area contributed by atoms with Crippen LogP contribution in [-0.4, -0.2) is 41.2 Å². The van der Waals surface area contributed by atoms with E-state index in [1.165, 1.54) is 11.1 Å². The molecular weight excluding hydrogens is 370 g/mol. The third-order valence-electron chi connectivity index (χ3n) is 4.59. The predicted molar refractivity (Wildman–Crippen MR) is 108 cm³/mol. The van der Waals surface area contributed by atoms with Gasteiger partial charge in [-0.3, -0.25) is 0 Å². The number of H-pyrrole nitrogens is 1. The summed E-state index contributed by atoms with van der Waals surface area (Å²) in [5.41, 5.74) is 4.81. The number of aromatic amines is 1. The lowest BCUT2D eigenvalue weighted by atomic mass is 9.97. The quantitative estimate of drug-likeness (QED) is 0.633. The minimum atomic E-state index is -0.552. The van der Waals surface area contributed by atoms with E-state index in [2.05, 4.69) is 45.8 Å². The van der Waals surface area contributed by atoms with Gasteiger partial charge in [-0.1, -0.05) is 46.7 Å². The zero-order valence-electron chi connectivity index (χ0n) is 16.1. The zero-order valence-corrected chi connectivity index (χ0v) is 16.1. The highest BCUT2D eigenvalue weighted by Crippen LogP contribution is 2.29. The van der Waals surface area contributed by atoms with E-state index in [1.807, 2.05) is 24.3 Å². The minimum Gasteiger partial charge on any atom is -0.461 e. The lowest BCUT2D eigenvalue weighted by molar-refractivity contribution is 0.0516. The van der Waals surface area contributed by atoms with Gasteiger partial charge in [-0.05, 0) is 53.8 Å². The van der Waals surface area contributed by atoms with Crippen LogP contribution in [0.2, 0.25) is 0 Å². The second kappa shape index (κ2) is 8.70. The fraction of sp³-hybridized carbons (Fsp3) is 0.227. The van der Waals surface area contributed by atoms with Gasteiger partial charge < -0.3 is 14.2 Å². The summed E-state index contributed by atoms with van der Waals surface area (Å²) in [5, 5.41) is 9.95. The highest BCUT2D eigenvalue weighted by atomic mass is 16.5. The smallest absolute Gasteiger partial charge is 0.362 e. The van der Waals surface area contributed by atoms with E-state index in [1.54, 1.807) is 6.92 Å². The van der Waals surface area contributed by atoms with Gasteiger partial charge in [0.2, 0.25) is 5.69 Å². The molecule has 4 rings (SSSR count). The highest BCUT2D eigenvalue weighted by Gasteiger charge is 2.19. The maximum atomic E-state index is 11.9. The topological polar surface area (TPSA) is 86.3 Å². The van der Waals surface area contributed by atoms with E-state index < -0.39 is 5.97 Å². The van der Waals surface area contributed by atoms with Crippen molar-refractivity contribution >= 4 is 11.5 Å². The van der Waals surface area contributed by atoms with Crippen molar-refractivity contribution in [2.45, 2.75) is 13.3 Å². The lowest BCUT2D eigenvalue weighted by Gasteiger charge is -2.14. The van der Waals surface area contributed by atoms with Crippen LogP contribution in [0, 0.1) is 0 Å². The number of carbonyl (C=O) groups is 1. The maximum Gasteiger partial charge on any atom is 0.362 e. The molecule has 0 saturated carbocycles. The molecule has 0 aliphatic carbocycles. The average Bonchev–Trinajstić information content (AvgIpc) is 3.23. The second-order valence-corrected chi connectivity index (χ2v) is 6.47. The first-order chi connectivity index (χ1) is 14.2. The third kappa shape index (κ3) is 4.35. The number of hydrogen-bond acceptors (Lipinski definition) is 6. The minimum absolute atomic E-state index is 0.0876. The largest absolute Gasteiger partial charge is 0.461 e. The molecule has 0 amide bonds. The molecule has 148 valence electrons. The highest BCUT2D eigenvalue weighted by molar-refractivity contribution is 5.89. The van der Waals surface area contributed by atoms with E-state index in [0.29, 0.717) is 12.4 Å². The first-order valence-corrected chi connectivity index (χ1v) is 9.48. The van der Waals surface area contributed by atoms with Crippen molar-refractivity contribution in [3.8, 4) is 22.8 Å². The molecule has 1 aliphatic rings. The fourth-order valence-electron chi connectivity index (χ4n) is 3.14. The Hall–Kier alpha value is -3.45. The summed E-state index contributed by atoms with van der Waals surface area (Å²) in [6.07, 6.45) is 3.06. The van der Waals surface area contributed by atoms with Gasteiger partial charge in [0.25, 0.3) is 5.88 Å². The van der Waals surface area contributed by atoms with Crippen LogP contribution in [0.3, 0.4) is 0 Å². The standard InChI is InChI=1S/C22H21N3O4/c1-2-28-22(26)20-21(24-25-23-20)29-19-8-6-15(7-9-19)17-4-3-5-18(14-17)16-10-12-27-13-11-16/h3-10,14H,2,11-13H2,1H3,(H,23,24,25). The molecule has 3 aromatic rings. The molecule has 2 heterocycles. The zero-order chi connectivity index (χ0) is 20.1. The van der Waals surface area contributed by atoms with Crippen molar-refractivity contribution in [2.24, 2.45) is 0 Å². The van der Waals surface area contributed by atoms with Gasteiger partial charge in [0.15, 0.2) is 0 Å². The molecule has 0 fully saturated rings. The number of benzene rings is 2. The van der Waals surface area contributed by atoms with Crippen LogP contribution < -0.4 is 4.74 Å². The Morgan fingerprint density at radius 1 is 1.14 bits per heavy atom. The monoisotopic (exact) mass is 391 g/mol. The van der Waals surface area contributed by atoms with Crippen LogP contribution in [0.15, 0.2) is 54.6 Å². The molecule has 7 heteroatoms. The van der Waals surface area contributed by atoms with E-state index in [4.69, 9.17) is 14.2 Å². The molecule has 0 bridgehead atoms. The third-order valence-corrected chi connectivity index (χ3v) is 4.59. The number of hydrogen-bond donors (Lipinski definition) is 1. The van der Waals surface area contributed by atoms with E-state index in [0.717, 1.165) is 24.2 Å². The number of nitrogens with one attached hydrogen (secondary N) is 1. The average molecular weight is 391 g/mol. The molecule has 7 nitrogen and oxygen atoms in total. The Bertz CT molecular complexity index is 1020. The molecule has 29 heavy (non-hydrogen) atoms. The summed E-state index contributed by atoms with van der Waals surface area (Å²) < 4.78 is 16.1. The number of nitrogens with zero attached hydrogens (tertiary/aromatic N) is 2. The van der Waals surface area contributed by atoms with Gasteiger partial charge in [-0.25, -0.2) is 9.89 Å². The van der Waals surface area contributed by atoms with Gasteiger partial charge in [-0.15, -0.1) is 0 Å². The van der Waals surface area contributed by atoms with Gasteiger partial charge in [0.05, 0.1) is 19.8 Å². The van der Waals surface area contributed by atoms with Crippen molar-refractivity contribution in [1.29, 1.82) is 0 Å². The molecule has 0 unspecified atom stereocenters. The molecule has 2 aromatic carbocycles. The van der Waals surface area contributed by atoms with Gasteiger partial charge in [-0.2, -0.15) is 0 Å². The van der Waals surface area contributed by atoms with Crippen molar-refractivity contribution in [3.63, 3.8) is 0 Å². The molecule has 0 spiro atoms. The normalized spacial score (nSPS) is 13.6. The van der Waals surface area contributed by atoms with E-state index in [-0.39, 0.29) is 18.2 Å². The Morgan fingerprint density at radius 2 is 1.97 bits per heavy atom. The number of esters is 1. The van der Waals surface area contributed by atoms with Crippen LogP contribution in [0.25, 0.3) is 16.7 Å². The van der Waals surface area contributed by atoms with Crippen LogP contribution in [0.4, 0.5) is 0 Å². The van der Waals surface area contributed by atoms with E-state index >= 15 is 0 Å². The molecule has 1 aromatic heterocycles. The Kier molecular flexibility index (Phi) is 5.67. The summed E-state index contributed by atoms with van der Waals surface area (Å²) in [4.78, 5) is 11.9. The molecular formula is C22H21N3O4. The second-order valence-electron chi connectivity index (χ2n) is 6.47. The van der Waals surface area contributed by atoms with Crippen LogP contribution >= 0.6 is 0 Å². The summed E-state index contributed by atoms with van der Waals surface area (Å²) in [5.74, 6) is 0.0875. The fourth-order valence-corrected chi connectivity index (χ4v) is 3.14. The van der Waals surface area contributed by atoms with Crippen molar-refractivity contribution < 1.29 is 19.0 Å². The van der Waals surface area contributed by atoms with Gasteiger partial charge in [0, 0.05) is 0 Å². The van der Waals surface area contributed by atoms with Crippen molar-refractivity contribution in [1.82, 2.24) is 15.4 Å². The Labute approximate surface area is 168 Å². The van der Waals surface area contributed by atoms with Crippen LogP contribution in [0.5, 0.6) is 11.6 Å². The Morgan fingerprint density at radius 3 is 2.72 bits per heavy atom. The maximum absolute atomic E-state index is 11.9. The number of ether oxygens (including phenoxy) is 3. The van der Waals surface area contributed by atoms with Crippen LogP contribution in [-0.2, 0) is 9.47 Å². The van der Waals surface area contributed by atoms with Crippen LogP contribution in [0.1, 0.15) is 29.4 Å². The molecule has 1 aliphatic heterocycles. The number of carbonyl (C=O) groups excluding carboxylic acids is 1. The molecule has 0 atom stereocenters. The summed E-state index contributed by atoms with van der Waals surface area (Å²) in [6.45, 7) is 3.42. The molecule has 0 radical (unpaired) electrons. The predicted octanol–water partition coefficient (Wildman–Crippen LogP) is 4.24. The van der Waals surface area contributed by atoms with Crippen molar-refractivity contribution in [3.05, 3.63) is 65.9 Å². The molecule has 1 N–H and O–H groups in total.